The van der Waals surface area contributed by atoms with Crippen LogP contribution in [0.5, 0.6) is 0 Å². The van der Waals surface area contributed by atoms with E-state index >= 15 is 0 Å². The Bertz CT molecular complexity index is 549. The second-order valence-corrected chi connectivity index (χ2v) is 6.26. The number of carbonyl (C=O) groups is 2. The van der Waals surface area contributed by atoms with Gasteiger partial charge in [-0.1, -0.05) is 20.3 Å². The van der Waals surface area contributed by atoms with E-state index in [0.29, 0.717) is 5.69 Å². The largest absolute Gasteiger partial charge is 0.478 e. The van der Waals surface area contributed by atoms with Gasteiger partial charge >= 0.3 is 5.97 Å². The van der Waals surface area contributed by atoms with Crippen molar-refractivity contribution >= 4 is 17.6 Å². The summed E-state index contributed by atoms with van der Waals surface area (Å²) in [7, 11) is 0. The van der Waals surface area contributed by atoms with Gasteiger partial charge in [0.25, 0.3) is 0 Å². The molecule has 1 atom stereocenters. The smallest absolute Gasteiger partial charge is 0.335 e. The number of carboxylic acids is 1. The Morgan fingerprint density at radius 2 is 2.05 bits per heavy atom. The molecule has 1 fully saturated rings. The fourth-order valence-corrected chi connectivity index (χ4v) is 2.97. The number of carboxylic acid groups (broad SMARTS) is 1. The van der Waals surface area contributed by atoms with Crippen LogP contribution >= 0.6 is 0 Å². The van der Waals surface area contributed by atoms with E-state index in [9.17, 15) is 9.59 Å². The highest BCUT2D eigenvalue weighted by Gasteiger charge is 2.39. The van der Waals surface area contributed by atoms with Crippen LogP contribution in [0, 0.1) is 18.3 Å². The minimum absolute atomic E-state index is 0.0288. The minimum Gasteiger partial charge on any atom is -0.478 e. The van der Waals surface area contributed by atoms with E-state index in [4.69, 9.17) is 5.11 Å². The maximum atomic E-state index is 12.4. The van der Waals surface area contributed by atoms with Gasteiger partial charge < -0.3 is 10.4 Å². The molecule has 4 heteroatoms. The van der Waals surface area contributed by atoms with Gasteiger partial charge in [0.2, 0.25) is 5.91 Å². The zero-order valence-corrected chi connectivity index (χ0v) is 12.2. The summed E-state index contributed by atoms with van der Waals surface area (Å²) < 4.78 is 0. The summed E-state index contributed by atoms with van der Waals surface area (Å²) in [6.45, 7) is 6.07. The van der Waals surface area contributed by atoms with Gasteiger partial charge in [-0.25, -0.2) is 4.79 Å². The zero-order chi connectivity index (χ0) is 14.9. The number of anilines is 1. The number of carbonyl (C=O) groups excluding carboxylic acids is 1. The third-order valence-corrected chi connectivity index (χ3v) is 4.30. The Labute approximate surface area is 119 Å². The van der Waals surface area contributed by atoms with Crippen LogP contribution in [0.2, 0.25) is 0 Å². The van der Waals surface area contributed by atoms with Crippen molar-refractivity contribution < 1.29 is 14.7 Å². The van der Waals surface area contributed by atoms with Crippen LogP contribution in [0.15, 0.2) is 18.2 Å². The normalized spacial score (nSPS) is 20.6. The summed E-state index contributed by atoms with van der Waals surface area (Å²) in [5.41, 5.74) is 1.75. The summed E-state index contributed by atoms with van der Waals surface area (Å²) in [5.74, 6) is -0.886. The topological polar surface area (TPSA) is 66.4 Å². The lowest BCUT2D eigenvalue weighted by Crippen LogP contribution is -2.31. The average Bonchev–Trinajstić information content (AvgIpc) is 2.71. The van der Waals surface area contributed by atoms with Crippen LogP contribution < -0.4 is 5.32 Å². The van der Waals surface area contributed by atoms with Crippen molar-refractivity contribution in [3.63, 3.8) is 0 Å². The predicted molar refractivity (Wildman–Crippen MR) is 77.9 cm³/mol. The standard InChI is InChI=1S/C16H21NO3/c1-10-9-11(15(19)20)6-7-13(10)17-14(18)12-5-4-8-16(12,2)3/h6-7,9,12H,4-5,8H2,1-3H3,(H,17,18)(H,19,20). The van der Waals surface area contributed by atoms with Crippen molar-refractivity contribution in [2.45, 2.75) is 40.0 Å². The number of rotatable bonds is 3. The molecule has 0 aromatic heterocycles. The molecular weight excluding hydrogens is 254 g/mol. The molecule has 108 valence electrons. The van der Waals surface area contributed by atoms with E-state index < -0.39 is 5.97 Å². The number of aryl methyl sites for hydroxylation is 1. The molecule has 0 spiro atoms. The molecular formula is C16H21NO3. The lowest BCUT2D eigenvalue weighted by atomic mass is 9.81. The molecule has 0 bridgehead atoms. The van der Waals surface area contributed by atoms with Crippen molar-refractivity contribution in [1.82, 2.24) is 0 Å². The number of amides is 1. The Morgan fingerprint density at radius 3 is 2.55 bits per heavy atom. The van der Waals surface area contributed by atoms with Crippen LogP contribution in [0.25, 0.3) is 0 Å². The Hall–Kier alpha value is -1.84. The summed E-state index contributed by atoms with van der Waals surface area (Å²) in [4.78, 5) is 23.3. The first-order chi connectivity index (χ1) is 9.31. The zero-order valence-electron chi connectivity index (χ0n) is 12.2. The first-order valence-electron chi connectivity index (χ1n) is 6.96. The molecule has 0 aliphatic heterocycles. The second kappa shape index (κ2) is 5.27. The number of nitrogens with one attached hydrogen (secondary N) is 1. The van der Waals surface area contributed by atoms with Gasteiger partial charge in [0.15, 0.2) is 0 Å². The monoisotopic (exact) mass is 275 g/mol. The van der Waals surface area contributed by atoms with Crippen molar-refractivity contribution in [2.24, 2.45) is 11.3 Å². The number of benzene rings is 1. The van der Waals surface area contributed by atoms with E-state index in [1.54, 1.807) is 12.1 Å². The fraction of sp³-hybridized carbons (Fsp3) is 0.500. The van der Waals surface area contributed by atoms with Gasteiger partial charge in [-0.3, -0.25) is 4.79 Å². The van der Waals surface area contributed by atoms with Crippen LogP contribution in [-0.4, -0.2) is 17.0 Å². The fourth-order valence-electron chi connectivity index (χ4n) is 2.97. The molecule has 1 aromatic carbocycles. The second-order valence-electron chi connectivity index (χ2n) is 6.26. The van der Waals surface area contributed by atoms with E-state index in [1.165, 1.54) is 6.07 Å². The summed E-state index contributed by atoms with van der Waals surface area (Å²) in [5, 5.41) is 11.9. The number of hydrogen-bond acceptors (Lipinski definition) is 2. The van der Waals surface area contributed by atoms with Gasteiger partial charge in [0, 0.05) is 11.6 Å². The molecule has 1 amide bonds. The summed E-state index contributed by atoms with van der Waals surface area (Å²) in [6.07, 6.45) is 3.08. The predicted octanol–water partition coefficient (Wildman–Crippen LogP) is 3.46. The van der Waals surface area contributed by atoms with Gasteiger partial charge in [-0.05, 0) is 48.9 Å². The number of hydrogen-bond donors (Lipinski definition) is 2. The van der Waals surface area contributed by atoms with Gasteiger partial charge in [-0.15, -0.1) is 0 Å². The van der Waals surface area contributed by atoms with Crippen LogP contribution in [0.3, 0.4) is 0 Å². The maximum Gasteiger partial charge on any atom is 0.335 e. The highest BCUT2D eigenvalue weighted by atomic mass is 16.4. The van der Waals surface area contributed by atoms with Crippen molar-refractivity contribution in [3.8, 4) is 0 Å². The highest BCUT2D eigenvalue weighted by Crippen LogP contribution is 2.43. The van der Waals surface area contributed by atoms with E-state index in [0.717, 1.165) is 24.8 Å². The molecule has 1 saturated carbocycles. The molecule has 0 saturated heterocycles. The summed E-state index contributed by atoms with van der Waals surface area (Å²) in [6, 6.07) is 4.76. The first kappa shape index (κ1) is 14.6. The third-order valence-electron chi connectivity index (χ3n) is 4.30. The molecule has 0 heterocycles. The van der Waals surface area contributed by atoms with Gasteiger partial charge in [0.05, 0.1) is 5.56 Å². The summed E-state index contributed by atoms with van der Waals surface area (Å²) >= 11 is 0. The molecule has 1 aromatic rings. The van der Waals surface area contributed by atoms with Gasteiger partial charge in [0.1, 0.15) is 0 Å². The Morgan fingerprint density at radius 1 is 1.35 bits per heavy atom. The molecule has 0 radical (unpaired) electrons. The van der Waals surface area contributed by atoms with Crippen molar-refractivity contribution in [3.05, 3.63) is 29.3 Å². The quantitative estimate of drug-likeness (QED) is 0.887. The third kappa shape index (κ3) is 2.84. The van der Waals surface area contributed by atoms with E-state index in [-0.39, 0.29) is 22.8 Å². The molecule has 2 rings (SSSR count). The Balaban J connectivity index is 2.14. The van der Waals surface area contributed by atoms with Crippen LogP contribution in [-0.2, 0) is 4.79 Å². The van der Waals surface area contributed by atoms with Crippen molar-refractivity contribution in [1.29, 1.82) is 0 Å². The van der Waals surface area contributed by atoms with Crippen LogP contribution in [0.1, 0.15) is 49.0 Å². The number of aromatic carboxylic acids is 1. The highest BCUT2D eigenvalue weighted by molar-refractivity contribution is 5.95. The molecule has 4 nitrogen and oxygen atoms in total. The molecule has 2 N–H and O–H groups in total. The molecule has 1 aliphatic carbocycles. The average molecular weight is 275 g/mol. The SMILES string of the molecule is Cc1cc(C(=O)O)ccc1NC(=O)C1CCCC1(C)C. The van der Waals surface area contributed by atoms with Crippen LogP contribution in [0.4, 0.5) is 5.69 Å². The minimum atomic E-state index is -0.956. The van der Waals surface area contributed by atoms with Gasteiger partial charge in [-0.2, -0.15) is 0 Å². The lowest BCUT2D eigenvalue weighted by molar-refractivity contribution is -0.122. The van der Waals surface area contributed by atoms with E-state index in [2.05, 4.69) is 19.2 Å². The first-order valence-corrected chi connectivity index (χ1v) is 6.96. The Kier molecular flexibility index (Phi) is 3.84. The molecule has 20 heavy (non-hydrogen) atoms. The molecule has 1 aliphatic rings. The molecule has 1 unspecified atom stereocenters. The lowest BCUT2D eigenvalue weighted by Gasteiger charge is -2.26. The van der Waals surface area contributed by atoms with Crippen molar-refractivity contribution in [2.75, 3.05) is 5.32 Å². The maximum absolute atomic E-state index is 12.4. The van der Waals surface area contributed by atoms with E-state index in [1.807, 2.05) is 6.92 Å².